The first kappa shape index (κ1) is 27.1. The standard InChI is InChI=1S/C22H48N4O2/c1-5-9-13-23-17-22(18-24-14-10-6-2,19-25-15-11-7-3)20-28-21(27)26-16-12-8-4/h23-25H,5-20H2,1-4H3,(H,26,27). The predicted octanol–water partition coefficient (Wildman–Crippen LogP) is 3.67. The molecule has 6 nitrogen and oxygen atoms in total. The fourth-order valence-corrected chi connectivity index (χ4v) is 2.94. The van der Waals surface area contributed by atoms with Crippen LogP contribution in [0.3, 0.4) is 0 Å². The number of hydrogen-bond donors (Lipinski definition) is 4. The fraction of sp³-hybridized carbons (Fsp3) is 0.955. The molecular formula is C22H48N4O2. The number of nitrogens with one attached hydrogen (secondary N) is 4. The van der Waals surface area contributed by atoms with Gasteiger partial charge < -0.3 is 26.0 Å². The number of rotatable bonds is 20. The molecule has 0 heterocycles. The number of carbonyl (C=O) groups is 1. The molecule has 0 radical (unpaired) electrons. The Balaban J connectivity index is 4.82. The van der Waals surface area contributed by atoms with Crippen LogP contribution < -0.4 is 21.3 Å². The Bertz CT molecular complexity index is 322. The molecule has 0 rings (SSSR count). The van der Waals surface area contributed by atoms with Gasteiger partial charge in [-0.3, -0.25) is 0 Å². The number of unbranched alkanes of at least 4 members (excludes halogenated alkanes) is 4. The van der Waals surface area contributed by atoms with E-state index in [9.17, 15) is 4.79 Å². The largest absolute Gasteiger partial charge is 0.449 e. The van der Waals surface area contributed by atoms with Crippen molar-refractivity contribution in [1.29, 1.82) is 0 Å². The van der Waals surface area contributed by atoms with E-state index in [0.29, 0.717) is 13.2 Å². The summed E-state index contributed by atoms with van der Waals surface area (Å²) in [5, 5.41) is 13.6. The molecule has 168 valence electrons. The van der Waals surface area contributed by atoms with Gasteiger partial charge in [-0.2, -0.15) is 0 Å². The average Bonchev–Trinajstić information content (AvgIpc) is 2.70. The molecule has 0 aliphatic rings. The van der Waals surface area contributed by atoms with Crippen molar-refractivity contribution < 1.29 is 9.53 Å². The van der Waals surface area contributed by atoms with Crippen molar-refractivity contribution in [2.45, 2.75) is 79.1 Å². The smallest absolute Gasteiger partial charge is 0.407 e. The van der Waals surface area contributed by atoms with E-state index in [1.54, 1.807) is 0 Å². The predicted molar refractivity (Wildman–Crippen MR) is 120 cm³/mol. The van der Waals surface area contributed by atoms with E-state index >= 15 is 0 Å². The summed E-state index contributed by atoms with van der Waals surface area (Å²) in [6, 6.07) is 0. The second-order valence-corrected chi connectivity index (χ2v) is 7.95. The van der Waals surface area contributed by atoms with E-state index in [1.165, 1.54) is 38.5 Å². The first-order valence-corrected chi connectivity index (χ1v) is 11.7. The molecule has 0 bridgehead atoms. The maximum atomic E-state index is 12.1. The monoisotopic (exact) mass is 400 g/mol. The van der Waals surface area contributed by atoms with Gasteiger partial charge in [0.15, 0.2) is 0 Å². The molecule has 0 aliphatic heterocycles. The Kier molecular flexibility index (Phi) is 18.9. The van der Waals surface area contributed by atoms with Crippen molar-refractivity contribution in [3.63, 3.8) is 0 Å². The average molecular weight is 401 g/mol. The molecule has 0 aromatic carbocycles. The lowest BCUT2D eigenvalue weighted by Crippen LogP contribution is -2.52. The number of amides is 1. The molecule has 1 amide bonds. The molecule has 0 saturated carbocycles. The molecule has 28 heavy (non-hydrogen) atoms. The highest BCUT2D eigenvalue weighted by molar-refractivity contribution is 5.67. The second-order valence-electron chi connectivity index (χ2n) is 7.95. The summed E-state index contributed by atoms with van der Waals surface area (Å²) in [7, 11) is 0. The summed E-state index contributed by atoms with van der Waals surface area (Å²) in [4.78, 5) is 12.1. The maximum Gasteiger partial charge on any atom is 0.407 e. The highest BCUT2D eigenvalue weighted by Gasteiger charge is 2.31. The van der Waals surface area contributed by atoms with Gasteiger partial charge in [-0.1, -0.05) is 53.4 Å². The van der Waals surface area contributed by atoms with E-state index in [-0.39, 0.29) is 11.5 Å². The van der Waals surface area contributed by atoms with Crippen molar-refractivity contribution in [2.75, 3.05) is 52.4 Å². The molecule has 6 heteroatoms. The second kappa shape index (κ2) is 19.5. The third-order valence-electron chi connectivity index (χ3n) is 4.93. The molecule has 0 saturated heterocycles. The summed E-state index contributed by atoms with van der Waals surface area (Å²) >= 11 is 0. The van der Waals surface area contributed by atoms with Crippen molar-refractivity contribution in [1.82, 2.24) is 21.3 Å². The lowest BCUT2D eigenvalue weighted by molar-refractivity contribution is 0.0786. The van der Waals surface area contributed by atoms with E-state index in [4.69, 9.17) is 4.74 Å². The first-order chi connectivity index (χ1) is 13.6. The molecule has 0 aromatic rings. The third-order valence-corrected chi connectivity index (χ3v) is 4.93. The molecule has 4 N–H and O–H groups in total. The number of ether oxygens (including phenoxy) is 1. The van der Waals surface area contributed by atoms with Crippen molar-refractivity contribution in [2.24, 2.45) is 5.41 Å². The van der Waals surface area contributed by atoms with E-state index in [0.717, 1.165) is 52.1 Å². The summed E-state index contributed by atoms with van der Waals surface area (Å²) < 4.78 is 5.66. The molecule has 0 atom stereocenters. The van der Waals surface area contributed by atoms with Gasteiger partial charge in [-0.15, -0.1) is 0 Å². The Hall–Kier alpha value is -0.850. The zero-order valence-corrected chi connectivity index (χ0v) is 19.1. The van der Waals surface area contributed by atoms with Crippen LogP contribution in [0.25, 0.3) is 0 Å². The van der Waals surface area contributed by atoms with Crippen molar-refractivity contribution >= 4 is 6.09 Å². The zero-order chi connectivity index (χ0) is 20.9. The Morgan fingerprint density at radius 3 is 1.46 bits per heavy atom. The van der Waals surface area contributed by atoms with Gasteiger partial charge in [0.2, 0.25) is 0 Å². The van der Waals surface area contributed by atoms with Gasteiger partial charge in [-0.25, -0.2) is 4.79 Å². The van der Waals surface area contributed by atoms with Gasteiger partial charge in [0, 0.05) is 31.6 Å². The molecular weight excluding hydrogens is 352 g/mol. The van der Waals surface area contributed by atoms with Crippen LogP contribution in [0.1, 0.15) is 79.1 Å². The van der Waals surface area contributed by atoms with Crippen molar-refractivity contribution in [3.8, 4) is 0 Å². The lowest BCUT2D eigenvalue weighted by atomic mass is 9.88. The zero-order valence-electron chi connectivity index (χ0n) is 19.1. The van der Waals surface area contributed by atoms with Gasteiger partial charge in [0.05, 0.1) is 0 Å². The maximum absolute atomic E-state index is 12.1. The minimum Gasteiger partial charge on any atom is -0.449 e. The lowest BCUT2D eigenvalue weighted by Gasteiger charge is -2.34. The summed E-state index contributed by atoms with van der Waals surface area (Å²) in [5.41, 5.74) is -0.142. The van der Waals surface area contributed by atoms with Gasteiger partial charge in [0.25, 0.3) is 0 Å². The van der Waals surface area contributed by atoms with Crippen LogP contribution in [-0.4, -0.2) is 58.5 Å². The quantitative estimate of drug-likeness (QED) is 0.235. The van der Waals surface area contributed by atoms with Gasteiger partial charge >= 0.3 is 6.09 Å². The highest BCUT2D eigenvalue weighted by Crippen LogP contribution is 2.16. The van der Waals surface area contributed by atoms with Crippen LogP contribution in [0.5, 0.6) is 0 Å². The van der Waals surface area contributed by atoms with Crippen LogP contribution in [0.4, 0.5) is 4.79 Å². The SMILES string of the molecule is CCCCNCC(CNCCCC)(CNCCCC)COC(=O)NCCCC. The molecule has 0 aromatic heterocycles. The third kappa shape index (κ3) is 15.1. The van der Waals surface area contributed by atoms with Crippen LogP contribution in [0.15, 0.2) is 0 Å². The fourth-order valence-electron chi connectivity index (χ4n) is 2.94. The number of hydrogen-bond acceptors (Lipinski definition) is 5. The van der Waals surface area contributed by atoms with Gasteiger partial charge in [0.1, 0.15) is 6.61 Å². The summed E-state index contributed by atoms with van der Waals surface area (Å²) in [6.07, 6.45) is 8.79. The van der Waals surface area contributed by atoms with Crippen LogP contribution in [0, 0.1) is 5.41 Å². The minimum atomic E-state index is -0.298. The van der Waals surface area contributed by atoms with Crippen LogP contribution in [0.2, 0.25) is 0 Å². The molecule has 0 aliphatic carbocycles. The van der Waals surface area contributed by atoms with Crippen LogP contribution >= 0.6 is 0 Å². The summed E-state index contributed by atoms with van der Waals surface area (Å²) in [6.45, 7) is 15.4. The van der Waals surface area contributed by atoms with Gasteiger partial charge in [-0.05, 0) is 45.3 Å². The highest BCUT2D eigenvalue weighted by atomic mass is 16.5. The Labute approximate surface area is 174 Å². The van der Waals surface area contributed by atoms with Crippen LogP contribution in [-0.2, 0) is 4.74 Å². The van der Waals surface area contributed by atoms with Crippen molar-refractivity contribution in [3.05, 3.63) is 0 Å². The molecule has 0 spiro atoms. The first-order valence-electron chi connectivity index (χ1n) is 11.7. The Morgan fingerprint density at radius 1 is 0.679 bits per heavy atom. The normalized spacial score (nSPS) is 11.6. The van der Waals surface area contributed by atoms with E-state index in [1.807, 2.05) is 0 Å². The van der Waals surface area contributed by atoms with E-state index in [2.05, 4.69) is 49.0 Å². The molecule has 0 fully saturated rings. The number of alkyl carbamates (subject to hydrolysis) is 1. The minimum absolute atomic E-state index is 0.142. The number of carbonyl (C=O) groups excluding carboxylic acids is 1. The van der Waals surface area contributed by atoms with E-state index < -0.39 is 0 Å². The Morgan fingerprint density at radius 2 is 1.07 bits per heavy atom. The molecule has 0 unspecified atom stereocenters. The topological polar surface area (TPSA) is 74.4 Å². The summed E-state index contributed by atoms with van der Waals surface area (Å²) in [5.74, 6) is 0.